The monoisotopic (exact) mass is 308 g/mol. The molecule has 0 spiro atoms. The summed E-state index contributed by atoms with van der Waals surface area (Å²) in [6.45, 7) is 1.55. The lowest BCUT2D eigenvalue weighted by molar-refractivity contribution is 0.0832. The number of rotatable bonds is 6. The largest absolute Gasteiger partial charge is 0.497 e. The van der Waals surface area contributed by atoms with Crippen LogP contribution in [0, 0.1) is 0 Å². The number of H-pyrrole nitrogens is 1. The summed E-state index contributed by atoms with van der Waals surface area (Å²) in [5.74, 6) is 0.879. The molecule has 6 heteroatoms. The molecule has 0 amide bonds. The first-order valence-electron chi connectivity index (χ1n) is 8.03. The van der Waals surface area contributed by atoms with E-state index in [1.54, 1.807) is 14.2 Å². The van der Waals surface area contributed by atoms with Gasteiger partial charge in [-0.3, -0.25) is 4.90 Å². The average molecular weight is 308 g/mol. The molecule has 1 aliphatic rings. The summed E-state index contributed by atoms with van der Waals surface area (Å²) >= 11 is 0. The van der Waals surface area contributed by atoms with E-state index in [0.717, 1.165) is 37.1 Å². The van der Waals surface area contributed by atoms with Gasteiger partial charge in [-0.2, -0.15) is 0 Å². The van der Waals surface area contributed by atoms with Crippen LogP contribution in [-0.4, -0.2) is 64.3 Å². The smallest absolute Gasteiger partial charge is 0.119 e. The Morgan fingerprint density at radius 1 is 1.35 bits per heavy atom. The molecule has 1 N–H and O–H groups in total. The summed E-state index contributed by atoms with van der Waals surface area (Å²) in [4.78, 5) is 5.68. The van der Waals surface area contributed by atoms with Gasteiger partial charge in [-0.25, -0.2) is 0 Å². The zero-order chi connectivity index (χ0) is 16.4. The van der Waals surface area contributed by atoms with Crippen molar-refractivity contribution in [1.82, 2.24) is 9.88 Å². The van der Waals surface area contributed by atoms with Gasteiger partial charge in [0.1, 0.15) is 21.4 Å². The van der Waals surface area contributed by atoms with Crippen molar-refractivity contribution in [2.24, 2.45) is 0 Å². The molecule has 1 atom stereocenters. The summed E-state index contributed by atoms with van der Waals surface area (Å²) < 4.78 is 10.5. The fourth-order valence-electron chi connectivity index (χ4n) is 3.42. The third kappa shape index (κ3) is 3.59. The maximum absolute atomic E-state index is 5.95. The summed E-state index contributed by atoms with van der Waals surface area (Å²) in [6.07, 6.45) is 5.37. The Bertz CT molecular complexity index is 672. The molecule has 1 unspecified atom stereocenters. The summed E-state index contributed by atoms with van der Waals surface area (Å²) in [6, 6.07) is 6.55. The van der Waals surface area contributed by atoms with Crippen LogP contribution in [0.15, 0.2) is 24.4 Å². The molecule has 1 aromatic heterocycles. The third-order valence-electron chi connectivity index (χ3n) is 4.76. The molecular formula is C17H22B2N2O2. The van der Waals surface area contributed by atoms with Crippen LogP contribution >= 0.6 is 0 Å². The lowest BCUT2D eigenvalue weighted by atomic mass is 9.65. The van der Waals surface area contributed by atoms with Gasteiger partial charge in [-0.05, 0) is 49.6 Å². The minimum absolute atomic E-state index is 0.432. The van der Waals surface area contributed by atoms with Gasteiger partial charge in [0.05, 0.1) is 7.11 Å². The van der Waals surface area contributed by atoms with E-state index in [2.05, 4.69) is 28.2 Å². The Morgan fingerprint density at radius 2 is 2.17 bits per heavy atom. The molecular weight excluding hydrogens is 286 g/mol. The van der Waals surface area contributed by atoms with E-state index >= 15 is 0 Å². The first-order chi connectivity index (χ1) is 11.0. The van der Waals surface area contributed by atoms with Crippen molar-refractivity contribution < 1.29 is 9.47 Å². The normalized spacial score (nSPS) is 19.5. The van der Waals surface area contributed by atoms with E-state index in [4.69, 9.17) is 25.2 Å². The summed E-state index contributed by atoms with van der Waals surface area (Å²) in [5, 5.41) is 0.126. The molecule has 1 saturated heterocycles. The average Bonchev–Trinajstić information content (AvgIpc) is 3.14. The highest BCUT2D eigenvalue weighted by molar-refractivity contribution is 6.39. The number of likely N-dealkylation sites (tertiary alicyclic amines) is 1. The van der Waals surface area contributed by atoms with Gasteiger partial charge in [0.2, 0.25) is 0 Å². The van der Waals surface area contributed by atoms with Crippen molar-refractivity contribution in [2.75, 3.05) is 27.3 Å². The minimum atomic E-state index is -1.09. The van der Waals surface area contributed by atoms with Gasteiger partial charge >= 0.3 is 0 Å². The maximum atomic E-state index is 5.95. The molecule has 3 rings (SSSR count). The topological polar surface area (TPSA) is 37.5 Å². The molecule has 4 radical (unpaired) electrons. The van der Waals surface area contributed by atoms with E-state index in [1.807, 2.05) is 6.07 Å². The highest BCUT2D eigenvalue weighted by atomic mass is 16.5. The van der Waals surface area contributed by atoms with E-state index in [9.17, 15) is 0 Å². The summed E-state index contributed by atoms with van der Waals surface area (Å²) in [5.41, 5.74) is 2.43. The predicted octanol–water partition coefficient (Wildman–Crippen LogP) is 1.82. The lowest BCUT2D eigenvalue weighted by Crippen LogP contribution is -2.47. The number of hydrogen-bond acceptors (Lipinski definition) is 3. The summed E-state index contributed by atoms with van der Waals surface area (Å²) in [7, 11) is 15.1. The van der Waals surface area contributed by atoms with Gasteiger partial charge in [-0.1, -0.05) is 0 Å². The van der Waals surface area contributed by atoms with Crippen LogP contribution in [0.25, 0.3) is 10.9 Å². The molecule has 23 heavy (non-hydrogen) atoms. The molecule has 2 heterocycles. The Balaban J connectivity index is 1.78. The quantitative estimate of drug-likeness (QED) is 0.827. The van der Waals surface area contributed by atoms with E-state index in [-0.39, 0.29) is 0 Å². The van der Waals surface area contributed by atoms with Crippen molar-refractivity contribution in [2.45, 2.75) is 30.7 Å². The minimum Gasteiger partial charge on any atom is -0.497 e. The second-order valence-electron chi connectivity index (χ2n) is 6.36. The van der Waals surface area contributed by atoms with Crippen LogP contribution in [0.1, 0.15) is 18.4 Å². The van der Waals surface area contributed by atoms with Gasteiger partial charge in [-0.15, -0.1) is 0 Å². The van der Waals surface area contributed by atoms with Gasteiger partial charge < -0.3 is 14.5 Å². The maximum Gasteiger partial charge on any atom is 0.119 e. The second-order valence-corrected chi connectivity index (χ2v) is 6.36. The molecule has 1 aromatic carbocycles. The molecule has 0 saturated carbocycles. The number of fused-ring (bicyclic) bond motifs is 1. The molecule has 118 valence electrons. The number of ether oxygens (including phenoxy) is 2. The number of nitrogens with zero attached hydrogens (tertiary/aromatic N) is 1. The van der Waals surface area contributed by atoms with Crippen LogP contribution in [0.3, 0.4) is 0 Å². The third-order valence-corrected chi connectivity index (χ3v) is 4.76. The van der Waals surface area contributed by atoms with Crippen LogP contribution in [0.4, 0.5) is 0 Å². The molecule has 0 bridgehead atoms. The Kier molecular flexibility index (Phi) is 4.74. The first-order valence-corrected chi connectivity index (χ1v) is 8.03. The van der Waals surface area contributed by atoms with Gasteiger partial charge in [0.25, 0.3) is 0 Å². The number of hydrogen-bond donors (Lipinski definition) is 1. The van der Waals surface area contributed by atoms with Crippen molar-refractivity contribution >= 4 is 26.6 Å². The van der Waals surface area contributed by atoms with Crippen molar-refractivity contribution in [3.05, 3.63) is 30.0 Å². The first kappa shape index (κ1) is 16.5. The van der Waals surface area contributed by atoms with Crippen molar-refractivity contribution in [3.63, 3.8) is 0 Å². The number of nitrogens with one attached hydrogen (secondary N) is 1. The Hall–Kier alpha value is -1.39. The zero-order valence-corrected chi connectivity index (χ0v) is 13.8. The zero-order valence-electron chi connectivity index (χ0n) is 13.8. The molecule has 1 aliphatic heterocycles. The second kappa shape index (κ2) is 6.62. The molecule has 2 aromatic rings. The fourth-order valence-corrected chi connectivity index (χ4v) is 3.42. The van der Waals surface area contributed by atoms with Crippen LogP contribution in [0.2, 0.25) is 0 Å². The van der Waals surface area contributed by atoms with Crippen LogP contribution in [0.5, 0.6) is 5.75 Å². The number of aromatic amines is 1. The highest BCUT2D eigenvalue weighted by Gasteiger charge is 2.30. The van der Waals surface area contributed by atoms with E-state index < -0.39 is 5.40 Å². The van der Waals surface area contributed by atoms with Gasteiger partial charge in [0.15, 0.2) is 0 Å². The Morgan fingerprint density at radius 3 is 2.91 bits per heavy atom. The van der Waals surface area contributed by atoms with Crippen LogP contribution in [-0.2, 0) is 11.2 Å². The Labute approximate surface area is 140 Å². The molecule has 0 aliphatic carbocycles. The fraction of sp³-hybridized carbons (Fsp3) is 0.529. The molecule has 1 fully saturated rings. The van der Waals surface area contributed by atoms with Crippen molar-refractivity contribution in [3.8, 4) is 5.75 Å². The standard InChI is InChI=1S/C17H22B2N2O2/c1-22-14-5-6-16-15(9-14)12(10-20-16)8-13-4-3-7-21(13)11-17(18,19)23-2/h5-6,9-10,13,20H,3-4,7-8,11H2,1-2H3. The predicted molar refractivity (Wildman–Crippen MR) is 94.4 cm³/mol. The lowest BCUT2D eigenvalue weighted by Gasteiger charge is -2.33. The number of benzene rings is 1. The SMILES string of the molecule is [B]C([B])(CN1CCCC1Cc1c[nH]c2ccc(OC)cc12)OC. The van der Waals surface area contributed by atoms with E-state index in [0.29, 0.717) is 12.6 Å². The van der Waals surface area contributed by atoms with Gasteiger partial charge in [0, 0.05) is 42.2 Å². The van der Waals surface area contributed by atoms with Crippen LogP contribution < -0.4 is 4.74 Å². The number of methoxy groups -OCH3 is 2. The number of aromatic nitrogens is 1. The molecule has 4 nitrogen and oxygen atoms in total. The highest BCUT2D eigenvalue weighted by Crippen LogP contribution is 2.28. The van der Waals surface area contributed by atoms with Crippen molar-refractivity contribution in [1.29, 1.82) is 0 Å². The van der Waals surface area contributed by atoms with E-state index in [1.165, 1.54) is 10.9 Å².